The van der Waals surface area contributed by atoms with Crippen LogP contribution in [-0.4, -0.2) is 32.6 Å². The van der Waals surface area contributed by atoms with Gasteiger partial charge in [-0.2, -0.15) is 0 Å². The minimum absolute atomic E-state index is 0.0363. The number of carbonyl (C=O) groups excluding carboxylic acids is 1. The van der Waals surface area contributed by atoms with Crippen LogP contribution in [0.3, 0.4) is 0 Å². The molecule has 31 heavy (non-hydrogen) atoms. The van der Waals surface area contributed by atoms with E-state index in [-0.39, 0.29) is 29.0 Å². The predicted octanol–water partition coefficient (Wildman–Crippen LogP) is 4.98. The molecule has 0 radical (unpaired) electrons. The Morgan fingerprint density at radius 2 is 1.90 bits per heavy atom. The molecule has 0 amide bonds. The van der Waals surface area contributed by atoms with Gasteiger partial charge in [-0.05, 0) is 42.2 Å². The average Bonchev–Trinajstić information content (AvgIpc) is 3.50. The van der Waals surface area contributed by atoms with Crippen molar-refractivity contribution in [2.45, 2.75) is 18.3 Å². The first kappa shape index (κ1) is 19.7. The third kappa shape index (κ3) is 3.28. The number of rotatable bonds is 5. The van der Waals surface area contributed by atoms with E-state index in [0.717, 1.165) is 36.2 Å². The molecule has 1 aliphatic rings. The van der Waals surface area contributed by atoms with Gasteiger partial charge in [0.1, 0.15) is 5.82 Å². The summed E-state index contributed by atoms with van der Waals surface area (Å²) in [5.74, 6) is -1.49. The lowest BCUT2D eigenvalue weighted by atomic mass is 9.93. The summed E-state index contributed by atoms with van der Waals surface area (Å²) in [6, 6.07) is 12.3. The van der Waals surface area contributed by atoms with E-state index in [1.54, 1.807) is 12.1 Å². The largest absolute Gasteiger partial charge is 0.494 e. The zero-order valence-electron chi connectivity index (χ0n) is 16.3. The number of nitrogens with zero attached hydrogens (tertiary/aromatic N) is 1. The molecule has 3 N–H and O–H groups in total. The van der Waals surface area contributed by atoms with Gasteiger partial charge in [0.2, 0.25) is 11.7 Å². The molecule has 2 aromatic carbocycles. The van der Waals surface area contributed by atoms with E-state index >= 15 is 0 Å². The van der Waals surface area contributed by atoms with Crippen molar-refractivity contribution in [3.63, 3.8) is 0 Å². The number of H-pyrrole nitrogens is 1. The number of nitrogens with one attached hydrogen (secondary N) is 1. The Morgan fingerprint density at radius 3 is 2.55 bits per heavy atom. The van der Waals surface area contributed by atoms with Crippen LogP contribution in [0, 0.1) is 5.82 Å². The van der Waals surface area contributed by atoms with Crippen LogP contribution < -0.4 is 0 Å². The van der Waals surface area contributed by atoms with Gasteiger partial charge in [0.05, 0.1) is 28.9 Å². The molecule has 0 atom stereocenters. The van der Waals surface area contributed by atoms with E-state index in [0.29, 0.717) is 21.5 Å². The zero-order chi connectivity index (χ0) is 21.8. The van der Waals surface area contributed by atoms with E-state index in [1.165, 1.54) is 6.20 Å². The van der Waals surface area contributed by atoms with E-state index in [1.807, 2.05) is 24.3 Å². The molecule has 156 valence electrons. The summed E-state index contributed by atoms with van der Waals surface area (Å²) < 4.78 is 13.6. The molecule has 1 aliphatic carbocycles. The minimum atomic E-state index is -0.634. The zero-order valence-corrected chi connectivity index (χ0v) is 17.1. The average molecular weight is 437 g/mol. The molecule has 0 aliphatic heterocycles. The Kier molecular flexibility index (Phi) is 4.57. The number of hydrogen-bond acceptors (Lipinski definition) is 4. The maximum atomic E-state index is 13.6. The highest BCUT2D eigenvalue weighted by Gasteiger charge is 2.43. The Labute approximate surface area is 182 Å². The molecule has 2 aromatic heterocycles. The van der Waals surface area contributed by atoms with Crippen molar-refractivity contribution in [1.82, 2.24) is 9.97 Å². The number of fused-ring (bicyclic) bond motifs is 1. The van der Waals surface area contributed by atoms with Crippen LogP contribution in [0.25, 0.3) is 22.0 Å². The first-order valence-electron chi connectivity index (χ1n) is 9.83. The third-order valence-electron chi connectivity index (χ3n) is 6.03. The fourth-order valence-corrected chi connectivity index (χ4v) is 4.30. The Bertz CT molecular complexity index is 1330. The van der Waals surface area contributed by atoms with Gasteiger partial charge < -0.3 is 15.2 Å². The van der Waals surface area contributed by atoms with E-state index < -0.39 is 11.6 Å². The highest BCUT2D eigenvalue weighted by molar-refractivity contribution is 6.34. The third-order valence-corrected chi connectivity index (χ3v) is 6.34. The summed E-state index contributed by atoms with van der Waals surface area (Å²) in [4.78, 5) is 19.5. The Hall–Kier alpha value is -3.22. The molecular weight excluding hydrogens is 419 g/mol. The number of ketones is 1. The van der Waals surface area contributed by atoms with E-state index in [2.05, 4.69) is 9.97 Å². The summed E-state index contributed by atoms with van der Waals surface area (Å²) >= 11 is 6.50. The fraction of sp³-hybridized carbons (Fsp3) is 0.167. The molecule has 1 fully saturated rings. The quantitative estimate of drug-likeness (QED) is 0.385. The minimum Gasteiger partial charge on any atom is -0.494 e. The lowest BCUT2D eigenvalue weighted by Gasteiger charge is -2.13. The van der Waals surface area contributed by atoms with Gasteiger partial charge in [-0.1, -0.05) is 35.9 Å². The van der Waals surface area contributed by atoms with Crippen molar-refractivity contribution < 1.29 is 19.4 Å². The number of hydrogen-bond donors (Lipinski definition) is 3. The molecular formula is C24H18ClFN2O3. The highest BCUT2D eigenvalue weighted by atomic mass is 35.5. The van der Waals surface area contributed by atoms with Crippen LogP contribution in [-0.2, 0) is 5.41 Å². The lowest BCUT2D eigenvalue weighted by molar-refractivity contribution is 0.103. The van der Waals surface area contributed by atoms with E-state index in [9.17, 15) is 19.4 Å². The summed E-state index contributed by atoms with van der Waals surface area (Å²) in [7, 11) is 0. The molecule has 0 bridgehead atoms. The molecule has 4 aromatic rings. The SMILES string of the molecule is O=C(c1cncc(F)c1)c1c(O)[nH]c2cc(Cl)c(-c3ccc(C4(CO)CC4)cc3)cc12. The maximum Gasteiger partial charge on any atom is 0.200 e. The molecule has 5 nitrogen and oxygen atoms in total. The van der Waals surface area contributed by atoms with Crippen molar-refractivity contribution in [2.24, 2.45) is 0 Å². The van der Waals surface area contributed by atoms with Crippen LogP contribution >= 0.6 is 11.6 Å². The number of benzene rings is 2. The summed E-state index contributed by atoms with van der Waals surface area (Å²) in [5.41, 5.74) is 3.07. The Balaban J connectivity index is 1.60. The number of halogens is 2. The molecule has 2 heterocycles. The van der Waals surface area contributed by atoms with Crippen LogP contribution in [0.2, 0.25) is 5.02 Å². The van der Waals surface area contributed by atoms with Gasteiger partial charge >= 0.3 is 0 Å². The van der Waals surface area contributed by atoms with Gasteiger partial charge in [-0.25, -0.2) is 4.39 Å². The number of aromatic nitrogens is 2. The smallest absolute Gasteiger partial charge is 0.200 e. The van der Waals surface area contributed by atoms with Gasteiger partial charge in [-0.15, -0.1) is 0 Å². The van der Waals surface area contributed by atoms with Crippen LogP contribution in [0.15, 0.2) is 54.9 Å². The highest BCUT2D eigenvalue weighted by Crippen LogP contribution is 2.48. The van der Waals surface area contributed by atoms with Crippen molar-refractivity contribution in [3.05, 3.63) is 82.4 Å². The molecule has 0 saturated heterocycles. The number of aliphatic hydroxyl groups excluding tert-OH is 1. The van der Waals surface area contributed by atoms with Gasteiger partial charge in [-0.3, -0.25) is 9.78 Å². The topological polar surface area (TPSA) is 86.2 Å². The number of aromatic amines is 1. The van der Waals surface area contributed by atoms with Gasteiger partial charge in [0.15, 0.2) is 0 Å². The van der Waals surface area contributed by atoms with Crippen molar-refractivity contribution in [1.29, 1.82) is 0 Å². The molecule has 1 saturated carbocycles. The number of pyridine rings is 1. The second-order valence-electron chi connectivity index (χ2n) is 7.96. The molecule has 0 spiro atoms. The second kappa shape index (κ2) is 7.18. The maximum absolute atomic E-state index is 13.6. The van der Waals surface area contributed by atoms with Crippen LogP contribution in [0.4, 0.5) is 4.39 Å². The standard InChI is InChI=1S/C24H18ClFN2O3/c25-19-9-20-18(21(23(31)28-20)22(30)14-7-16(26)11-27-10-14)8-17(19)13-1-3-15(4-2-13)24(12-29)5-6-24/h1-4,7-11,28-29,31H,5-6,12H2. The van der Waals surface area contributed by atoms with Crippen LogP contribution in [0.5, 0.6) is 5.88 Å². The van der Waals surface area contributed by atoms with E-state index in [4.69, 9.17) is 11.6 Å². The number of aliphatic hydroxyl groups is 1. The summed E-state index contributed by atoms with van der Waals surface area (Å²) in [5, 5.41) is 21.0. The predicted molar refractivity (Wildman–Crippen MR) is 116 cm³/mol. The normalized spacial score (nSPS) is 14.7. The van der Waals surface area contributed by atoms with Crippen molar-refractivity contribution in [3.8, 4) is 17.0 Å². The van der Waals surface area contributed by atoms with Crippen molar-refractivity contribution in [2.75, 3.05) is 6.61 Å². The molecule has 5 rings (SSSR count). The molecule has 0 unspecified atom stereocenters. The number of aromatic hydroxyl groups is 1. The monoisotopic (exact) mass is 436 g/mol. The van der Waals surface area contributed by atoms with Crippen molar-refractivity contribution >= 4 is 28.3 Å². The molecule has 7 heteroatoms. The second-order valence-corrected chi connectivity index (χ2v) is 8.37. The summed E-state index contributed by atoms with van der Waals surface area (Å²) in [6.07, 6.45) is 4.21. The summed E-state index contributed by atoms with van der Waals surface area (Å²) in [6.45, 7) is 0.127. The van der Waals surface area contributed by atoms with Gasteiger partial charge in [0, 0.05) is 28.1 Å². The lowest BCUT2D eigenvalue weighted by Crippen LogP contribution is -2.11. The first-order valence-corrected chi connectivity index (χ1v) is 10.2. The van der Waals surface area contributed by atoms with Crippen LogP contribution in [0.1, 0.15) is 34.3 Å². The fourth-order valence-electron chi connectivity index (χ4n) is 4.02. The van der Waals surface area contributed by atoms with Gasteiger partial charge in [0.25, 0.3) is 0 Å². The Morgan fingerprint density at radius 1 is 1.16 bits per heavy atom. The first-order chi connectivity index (χ1) is 14.9. The number of carbonyl (C=O) groups is 1.